The molecule has 0 aromatic heterocycles. The van der Waals surface area contributed by atoms with Crippen LogP contribution in [0.25, 0.3) is 0 Å². The van der Waals surface area contributed by atoms with E-state index in [1.807, 2.05) is 43.5 Å². The molecule has 0 heterocycles. The molecule has 0 bridgehead atoms. The van der Waals surface area contributed by atoms with Gasteiger partial charge in [0, 0.05) is 4.90 Å². The molecular weight excluding hydrogens is 304 g/mol. The summed E-state index contributed by atoms with van der Waals surface area (Å²) in [4.78, 5) is 13.1. The Morgan fingerprint density at radius 1 is 1.24 bits per heavy atom. The van der Waals surface area contributed by atoms with E-state index in [2.05, 4.69) is 10.5 Å². The first-order valence-corrected chi connectivity index (χ1v) is 7.94. The molecule has 0 aliphatic heterocycles. The van der Waals surface area contributed by atoms with E-state index in [1.54, 1.807) is 30.1 Å². The topological polar surface area (TPSA) is 41.5 Å². The van der Waals surface area contributed by atoms with Gasteiger partial charge in [-0.05, 0) is 48.6 Å². The molecule has 0 fully saturated rings. The van der Waals surface area contributed by atoms with Crippen LogP contribution < -0.4 is 5.43 Å². The molecule has 5 heteroatoms. The predicted octanol–water partition coefficient (Wildman–Crippen LogP) is 4.13. The van der Waals surface area contributed by atoms with Crippen LogP contribution in [0, 0.1) is 6.92 Å². The summed E-state index contributed by atoms with van der Waals surface area (Å²) in [6.45, 7) is 1.92. The van der Waals surface area contributed by atoms with E-state index >= 15 is 0 Å². The third-order valence-electron chi connectivity index (χ3n) is 2.86. The average molecular weight is 319 g/mol. The SMILES string of the molecule is CSc1ccc(C=NNC(=O)c2ccc(C)cc2Cl)cc1. The lowest BCUT2D eigenvalue weighted by Gasteiger charge is -2.03. The third kappa shape index (κ3) is 4.34. The predicted molar refractivity (Wildman–Crippen MR) is 89.5 cm³/mol. The summed E-state index contributed by atoms with van der Waals surface area (Å²) in [5, 5.41) is 4.37. The van der Waals surface area contributed by atoms with E-state index in [0.29, 0.717) is 10.6 Å². The molecule has 0 spiro atoms. The summed E-state index contributed by atoms with van der Waals surface area (Å²) in [7, 11) is 0. The Kier molecular flexibility index (Phi) is 5.42. The van der Waals surface area contributed by atoms with Gasteiger partial charge in [0.15, 0.2) is 0 Å². The summed E-state index contributed by atoms with van der Waals surface area (Å²) >= 11 is 7.72. The van der Waals surface area contributed by atoms with Crippen LogP contribution in [-0.4, -0.2) is 18.4 Å². The maximum absolute atomic E-state index is 12.0. The molecule has 0 saturated carbocycles. The minimum Gasteiger partial charge on any atom is -0.267 e. The van der Waals surface area contributed by atoms with E-state index in [-0.39, 0.29) is 5.91 Å². The number of aryl methyl sites for hydroxylation is 1. The summed E-state index contributed by atoms with van der Waals surface area (Å²) in [6.07, 6.45) is 3.62. The molecule has 0 aliphatic carbocycles. The Bertz CT molecular complexity index is 668. The highest BCUT2D eigenvalue weighted by molar-refractivity contribution is 7.98. The number of hydrogen-bond donors (Lipinski definition) is 1. The number of amides is 1. The van der Waals surface area contributed by atoms with E-state index in [4.69, 9.17) is 11.6 Å². The van der Waals surface area contributed by atoms with Gasteiger partial charge in [-0.1, -0.05) is 29.8 Å². The molecule has 0 unspecified atom stereocenters. The number of carbonyl (C=O) groups is 1. The van der Waals surface area contributed by atoms with E-state index < -0.39 is 0 Å². The molecule has 108 valence electrons. The lowest BCUT2D eigenvalue weighted by Crippen LogP contribution is -2.18. The second-order valence-corrected chi connectivity index (χ2v) is 5.74. The van der Waals surface area contributed by atoms with Gasteiger partial charge in [-0.15, -0.1) is 11.8 Å². The van der Waals surface area contributed by atoms with Gasteiger partial charge in [-0.2, -0.15) is 5.10 Å². The molecule has 1 N–H and O–H groups in total. The number of halogens is 1. The standard InChI is InChI=1S/C16H15ClN2OS/c1-11-3-8-14(15(17)9-11)16(20)19-18-10-12-4-6-13(21-2)7-5-12/h3-10H,1-2H3,(H,19,20). The molecule has 0 aliphatic rings. The van der Waals surface area contributed by atoms with Crippen molar-refractivity contribution in [3.05, 3.63) is 64.2 Å². The fraction of sp³-hybridized carbons (Fsp3) is 0.125. The van der Waals surface area contributed by atoms with Gasteiger partial charge < -0.3 is 0 Å². The van der Waals surface area contributed by atoms with Crippen LogP contribution in [0.1, 0.15) is 21.5 Å². The monoisotopic (exact) mass is 318 g/mol. The molecule has 0 atom stereocenters. The van der Waals surface area contributed by atoms with Crippen LogP contribution in [0.4, 0.5) is 0 Å². The lowest BCUT2D eigenvalue weighted by atomic mass is 10.1. The Morgan fingerprint density at radius 2 is 1.95 bits per heavy atom. The highest BCUT2D eigenvalue weighted by Crippen LogP contribution is 2.17. The number of carbonyl (C=O) groups excluding carboxylic acids is 1. The number of nitrogens with one attached hydrogen (secondary N) is 1. The van der Waals surface area contributed by atoms with E-state index in [0.717, 1.165) is 11.1 Å². The molecule has 1 amide bonds. The molecule has 2 aromatic rings. The number of nitrogens with zero attached hydrogens (tertiary/aromatic N) is 1. The van der Waals surface area contributed by atoms with Gasteiger partial charge >= 0.3 is 0 Å². The number of benzene rings is 2. The van der Waals surface area contributed by atoms with Crippen molar-refractivity contribution in [2.24, 2.45) is 5.10 Å². The van der Waals surface area contributed by atoms with Gasteiger partial charge in [0.05, 0.1) is 16.8 Å². The summed E-state index contributed by atoms with van der Waals surface area (Å²) in [6, 6.07) is 13.2. The van der Waals surface area contributed by atoms with Gasteiger partial charge in [-0.3, -0.25) is 4.79 Å². The highest BCUT2D eigenvalue weighted by atomic mass is 35.5. The van der Waals surface area contributed by atoms with Crippen molar-refractivity contribution in [1.82, 2.24) is 5.43 Å². The maximum atomic E-state index is 12.0. The van der Waals surface area contributed by atoms with Crippen LogP contribution in [-0.2, 0) is 0 Å². The molecule has 0 saturated heterocycles. The Labute approximate surface area is 133 Å². The van der Waals surface area contributed by atoms with Crippen LogP contribution in [0.2, 0.25) is 5.02 Å². The van der Waals surface area contributed by atoms with E-state index in [9.17, 15) is 4.79 Å². The van der Waals surface area contributed by atoms with Crippen molar-refractivity contribution in [1.29, 1.82) is 0 Å². The third-order valence-corrected chi connectivity index (χ3v) is 3.92. The normalized spacial score (nSPS) is 10.8. The van der Waals surface area contributed by atoms with Crippen molar-refractivity contribution >= 4 is 35.5 Å². The van der Waals surface area contributed by atoms with Crippen LogP contribution in [0.3, 0.4) is 0 Å². The molecular formula is C16H15ClN2OS. The van der Waals surface area contributed by atoms with Crippen molar-refractivity contribution in [3.8, 4) is 0 Å². The van der Waals surface area contributed by atoms with Crippen LogP contribution >= 0.6 is 23.4 Å². The minimum absolute atomic E-state index is 0.322. The lowest BCUT2D eigenvalue weighted by molar-refractivity contribution is 0.0955. The Morgan fingerprint density at radius 3 is 2.57 bits per heavy atom. The first-order valence-electron chi connectivity index (χ1n) is 6.34. The molecule has 2 rings (SSSR count). The smallest absolute Gasteiger partial charge is 0.267 e. The summed E-state index contributed by atoms with van der Waals surface area (Å²) in [5.41, 5.74) is 4.82. The largest absolute Gasteiger partial charge is 0.272 e. The molecule has 21 heavy (non-hydrogen) atoms. The fourth-order valence-electron chi connectivity index (χ4n) is 1.72. The zero-order valence-electron chi connectivity index (χ0n) is 11.8. The molecule has 2 aromatic carbocycles. The van der Waals surface area contributed by atoms with Gasteiger partial charge in [0.1, 0.15) is 0 Å². The van der Waals surface area contributed by atoms with Gasteiger partial charge in [0.2, 0.25) is 0 Å². The summed E-state index contributed by atoms with van der Waals surface area (Å²) < 4.78 is 0. The van der Waals surface area contributed by atoms with Gasteiger partial charge in [-0.25, -0.2) is 5.43 Å². The second kappa shape index (κ2) is 7.29. The number of thioether (sulfide) groups is 1. The first-order chi connectivity index (χ1) is 10.1. The maximum Gasteiger partial charge on any atom is 0.272 e. The van der Waals surface area contributed by atoms with Crippen LogP contribution in [0.15, 0.2) is 52.5 Å². The van der Waals surface area contributed by atoms with Crippen molar-refractivity contribution in [2.45, 2.75) is 11.8 Å². The second-order valence-electron chi connectivity index (χ2n) is 4.46. The van der Waals surface area contributed by atoms with Crippen molar-refractivity contribution in [2.75, 3.05) is 6.26 Å². The van der Waals surface area contributed by atoms with Crippen LogP contribution in [0.5, 0.6) is 0 Å². The molecule has 3 nitrogen and oxygen atoms in total. The number of hydrazone groups is 1. The Balaban J connectivity index is 2.01. The zero-order valence-corrected chi connectivity index (χ0v) is 13.3. The quantitative estimate of drug-likeness (QED) is 0.523. The highest BCUT2D eigenvalue weighted by Gasteiger charge is 2.08. The van der Waals surface area contributed by atoms with Crippen molar-refractivity contribution in [3.63, 3.8) is 0 Å². The average Bonchev–Trinajstić information content (AvgIpc) is 2.47. The number of rotatable bonds is 4. The summed E-state index contributed by atoms with van der Waals surface area (Å²) in [5.74, 6) is -0.322. The number of hydrogen-bond acceptors (Lipinski definition) is 3. The minimum atomic E-state index is -0.322. The van der Waals surface area contributed by atoms with Crippen molar-refractivity contribution < 1.29 is 4.79 Å². The van der Waals surface area contributed by atoms with E-state index in [1.165, 1.54) is 4.90 Å². The first kappa shape index (κ1) is 15.6. The molecule has 0 radical (unpaired) electrons. The zero-order chi connectivity index (χ0) is 15.2. The van der Waals surface area contributed by atoms with Gasteiger partial charge in [0.25, 0.3) is 5.91 Å². The Hall–Kier alpha value is -1.78. The fourth-order valence-corrected chi connectivity index (χ4v) is 2.45.